The SMILES string of the molecule is O=C(NC[C@H]1CCCO1)C(=O)N/N=C\c1cccnc1. The predicted molar refractivity (Wildman–Crippen MR) is 72.0 cm³/mol. The number of carbonyl (C=O) groups excluding carboxylic acids is 2. The molecule has 0 spiro atoms. The highest BCUT2D eigenvalue weighted by Crippen LogP contribution is 2.10. The summed E-state index contributed by atoms with van der Waals surface area (Å²) in [6, 6.07) is 3.53. The van der Waals surface area contributed by atoms with Crippen molar-refractivity contribution in [2.75, 3.05) is 13.2 Å². The van der Waals surface area contributed by atoms with Crippen LogP contribution in [0.1, 0.15) is 18.4 Å². The molecule has 106 valence electrons. The van der Waals surface area contributed by atoms with Crippen LogP contribution >= 0.6 is 0 Å². The highest BCUT2D eigenvalue weighted by atomic mass is 16.5. The number of nitrogens with zero attached hydrogens (tertiary/aromatic N) is 2. The van der Waals surface area contributed by atoms with E-state index in [4.69, 9.17) is 4.74 Å². The third kappa shape index (κ3) is 4.43. The summed E-state index contributed by atoms with van der Waals surface area (Å²) < 4.78 is 5.34. The summed E-state index contributed by atoms with van der Waals surface area (Å²) in [6.07, 6.45) is 6.54. The van der Waals surface area contributed by atoms with E-state index in [-0.39, 0.29) is 6.10 Å². The minimum Gasteiger partial charge on any atom is -0.376 e. The fourth-order valence-corrected chi connectivity index (χ4v) is 1.76. The van der Waals surface area contributed by atoms with Gasteiger partial charge in [-0.1, -0.05) is 6.07 Å². The van der Waals surface area contributed by atoms with Crippen LogP contribution in [-0.4, -0.2) is 42.3 Å². The average Bonchev–Trinajstić information content (AvgIpc) is 2.99. The Hall–Kier alpha value is -2.28. The molecule has 2 N–H and O–H groups in total. The molecule has 7 nitrogen and oxygen atoms in total. The zero-order valence-corrected chi connectivity index (χ0v) is 10.9. The van der Waals surface area contributed by atoms with E-state index in [9.17, 15) is 9.59 Å². The highest BCUT2D eigenvalue weighted by Gasteiger charge is 2.18. The normalized spacial score (nSPS) is 18.1. The van der Waals surface area contributed by atoms with E-state index in [0.717, 1.165) is 18.4 Å². The van der Waals surface area contributed by atoms with Gasteiger partial charge in [0.2, 0.25) is 0 Å². The lowest BCUT2D eigenvalue weighted by Gasteiger charge is -2.09. The molecule has 0 bridgehead atoms. The largest absolute Gasteiger partial charge is 0.376 e. The number of hydrazone groups is 1. The monoisotopic (exact) mass is 276 g/mol. The summed E-state index contributed by atoms with van der Waals surface area (Å²) in [5.74, 6) is -1.52. The first kappa shape index (κ1) is 14.1. The minimum atomic E-state index is -0.803. The number of pyridine rings is 1. The first-order valence-corrected chi connectivity index (χ1v) is 6.38. The third-order valence-corrected chi connectivity index (χ3v) is 2.78. The second-order valence-electron chi connectivity index (χ2n) is 4.33. The van der Waals surface area contributed by atoms with Gasteiger partial charge in [0.1, 0.15) is 0 Å². The van der Waals surface area contributed by atoms with Crippen LogP contribution in [0, 0.1) is 0 Å². The second-order valence-corrected chi connectivity index (χ2v) is 4.33. The van der Waals surface area contributed by atoms with Gasteiger partial charge in [-0.3, -0.25) is 14.6 Å². The average molecular weight is 276 g/mol. The quantitative estimate of drug-likeness (QED) is 0.453. The van der Waals surface area contributed by atoms with Crippen LogP contribution in [0.4, 0.5) is 0 Å². The van der Waals surface area contributed by atoms with E-state index in [1.165, 1.54) is 6.21 Å². The zero-order valence-electron chi connectivity index (χ0n) is 10.9. The minimum absolute atomic E-state index is 0.00523. The molecule has 2 heterocycles. The Morgan fingerprint density at radius 2 is 2.40 bits per heavy atom. The number of ether oxygens (including phenoxy) is 1. The molecule has 1 fully saturated rings. The Morgan fingerprint density at radius 1 is 1.50 bits per heavy atom. The maximum atomic E-state index is 11.5. The second kappa shape index (κ2) is 7.34. The number of rotatable bonds is 4. The Morgan fingerprint density at radius 3 is 3.10 bits per heavy atom. The molecule has 20 heavy (non-hydrogen) atoms. The van der Waals surface area contributed by atoms with Gasteiger partial charge in [-0.15, -0.1) is 0 Å². The van der Waals surface area contributed by atoms with Crippen molar-refractivity contribution in [3.05, 3.63) is 30.1 Å². The molecule has 2 rings (SSSR count). The summed E-state index contributed by atoms with van der Waals surface area (Å²) in [7, 11) is 0. The molecule has 1 aromatic heterocycles. The van der Waals surface area contributed by atoms with Crippen LogP contribution in [0.25, 0.3) is 0 Å². The van der Waals surface area contributed by atoms with Crippen molar-refractivity contribution in [3.63, 3.8) is 0 Å². The lowest BCUT2D eigenvalue weighted by molar-refractivity contribution is -0.139. The van der Waals surface area contributed by atoms with E-state index >= 15 is 0 Å². The van der Waals surface area contributed by atoms with Crippen molar-refractivity contribution in [2.45, 2.75) is 18.9 Å². The number of nitrogens with one attached hydrogen (secondary N) is 2. The van der Waals surface area contributed by atoms with Gasteiger partial charge in [0.25, 0.3) is 0 Å². The molecule has 1 aliphatic heterocycles. The molecule has 0 saturated carbocycles. The lowest BCUT2D eigenvalue weighted by atomic mass is 10.2. The van der Waals surface area contributed by atoms with Gasteiger partial charge in [-0.05, 0) is 18.9 Å². The van der Waals surface area contributed by atoms with Crippen LogP contribution < -0.4 is 10.7 Å². The Kier molecular flexibility index (Phi) is 5.19. The molecule has 1 aliphatic rings. The molecule has 0 unspecified atom stereocenters. The van der Waals surface area contributed by atoms with Gasteiger partial charge in [0.15, 0.2) is 0 Å². The van der Waals surface area contributed by atoms with E-state index < -0.39 is 11.8 Å². The van der Waals surface area contributed by atoms with E-state index in [0.29, 0.717) is 13.2 Å². The van der Waals surface area contributed by atoms with E-state index in [2.05, 4.69) is 20.8 Å². The molecule has 0 radical (unpaired) electrons. The molecule has 1 aromatic rings. The van der Waals surface area contributed by atoms with Crippen molar-refractivity contribution < 1.29 is 14.3 Å². The van der Waals surface area contributed by atoms with E-state index in [1.807, 2.05) is 0 Å². The number of hydrogen-bond acceptors (Lipinski definition) is 5. The molecular formula is C13H16N4O3. The molecule has 2 amide bonds. The molecule has 1 atom stereocenters. The maximum Gasteiger partial charge on any atom is 0.329 e. The summed E-state index contributed by atoms with van der Waals surface area (Å²) >= 11 is 0. The number of hydrogen-bond donors (Lipinski definition) is 2. The van der Waals surface area contributed by atoms with Gasteiger partial charge < -0.3 is 10.1 Å². The van der Waals surface area contributed by atoms with Crippen LogP contribution in [0.2, 0.25) is 0 Å². The van der Waals surface area contributed by atoms with Gasteiger partial charge in [-0.2, -0.15) is 5.10 Å². The first-order valence-electron chi connectivity index (χ1n) is 6.38. The third-order valence-electron chi connectivity index (χ3n) is 2.78. The standard InChI is InChI=1S/C13H16N4O3/c18-12(15-9-11-4-2-6-20-11)13(19)17-16-8-10-3-1-5-14-7-10/h1,3,5,7-8,11H,2,4,6,9H2,(H,15,18)(H,17,19)/b16-8-/t11-/m1/s1. The Labute approximate surface area is 116 Å². The predicted octanol–water partition coefficient (Wildman–Crippen LogP) is -0.173. The summed E-state index contributed by atoms with van der Waals surface area (Å²) in [5, 5.41) is 6.20. The topological polar surface area (TPSA) is 92.7 Å². The van der Waals surface area contributed by atoms with Crippen molar-refractivity contribution >= 4 is 18.0 Å². The smallest absolute Gasteiger partial charge is 0.329 e. The summed E-state index contributed by atoms with van der Waals surface area (Å²) in [5.41, 5.74) is 2.89. The van der Waals surface area contributed by atoms with Crippen LogP contribution in [0.15, 0.2) is 29.6 Å². The van der Waals surface area contributed by atoms with Gasteiger partial charge in [0.05, 0.1) is 12.3 Å². The van der Waals surface area contributed by atoms with Crippen molar-refractivity contribution in [3.8, 4) is 0 Å². The summed E-state index contributed by atoms with van der Waals surface area (Å²) in [4.78, 5) is 26.8. The summed E-state index contributed by atoms with van der Waals surface area (Å²) in [6.45, 7) is 1.06. The number of carbonyl (C=O) groups is 2. The van der Waals surface area contributed by atoms with E-state index in [1.54, 1.807) is 24.5 Å². The molecule has 1 saturated heterocycles. The van der Waals surface area contributed by atoms with Crippen LogP contribution in [0.5, 0.6) is 0 Å². The molecule has 0 aliphatic carbocycles. The van der Waals surface area contributed by atoms with Gasteiger partial charge >= 0.3 is 11.8 Å². The molecule has 0 aromatic carbocycles. The zero-order chi connectivity index (χ0) is 14.2. The Balaban J connectivity index is 1.71. The highest BCUT2D eigenvalue weighted by molar-refractivity contribution is 6.35. The van der Waals surface area contributed by atoms with Crippen LogP contribution in [0.3, 0.4) is 0 Å². The van der Waals surface area contributed by atoms with Crippen molar-refractivity contribution in [2.24, 2.45) is 5.10 Å². The maximum absolute atomic E-state index is 11.5. The Bertz CT molecular complexity index is 484. The number of aromatic nitrogens is 1. The van der Waals surface area contributed by atoms with Gasteiger partial charge in [0, 0.05) is 31.1 Å². The number of amides is 2. The fourth-order valence-electron chi connectivity index (χ4n) is 1.76. The van der Waals surface area contributed by atoms with Crippen molar-refractivity contribution in [1.29, 1.82) is 0 Å². The first-order chi connectivity index (χ1) is 9.75. The van der Waals surface area contributed by atoms with Gasteiger partial charge in [-0.25, -0.2) is 5.43 Å². The van der Waals surface area contributed by atoms with Crippen molar-refractivity contribution in [1.82, 2.24) is 15.7 Å². The lowest BCUT2D eigenvalue weighted by Crippen LogP contribution is -2.41. The molecule has 7 heteroatoms. The molecular weight excluding hydrogens is 260 g/mol. The fraction of sp³-hybridized carbons (Fsp3) is 0.385. The van der Waals surface area contributed by atoms with Crippen LogP contribution in [-0.2, 0) is 14.3 Å².